The maximum Gasteiger partial charge on any atom is 0.253 e. The lowest BCUT2D eigenvalue weighted by Gasteiger charge is -2.26. The number of amides is 2. The van der Waals surface area contributed by atoms with Crippen molar-refractivity contribution in [2.24, 2.45) is 10.7 Å². The summed E-state index contributed by atoms with van der Waals surface area (Å²) in [6.07, 6.45) is 0. The van der Waals surface area contributed by atoms with Crippen LogP contribution < -0.4 is 5.73 Å². The summed E-state index contributed by atoms with van der Waals surface area (Å²) in [6.45, 7) is 1.53. The van der Waals surface area contributed by atoms with E-state index < -0.39 is 5.91 Å². The molecule has 0 atom stereocenters. The fourth-order valence-corrected chi connectivity index (χ4v) is 5.10. The second kappa shape index (κ2) is 9.68. The van der Waals surface area contributed by atoms with Gasteiger partial charge in [-0.05, 0) is 36.4 Å². The SMILES string of the molecule is NC(=O)c1ccc2c(C(=Nc3ccc(C(=O)N4CCSCC4)cc3)c3ccccc3)c(O)[nH]c2c1. The molecule has 0 radical (unpaired) electrons. The number of carbonyl (C=O) groups is 2. The van der Waals surface area contributed by atoms with E-state index in [-0.39, 0.29) is 11.8 Å². The number of primary amides is 1. The maximum atomic E-state index is 12.8. The molecule has 1 saturated heterocycles. The third kappa shape index (κ3) is 4.65. The van der Waals surface area contributed by atoms with E-state index in [0.717, 1.165) is 30.2 Å². The zero-order valence-electron chi connectivity index (χ0n) is 18.9. The molecule has 4 N–H and O–H groups in total. The number of aromatic nitrogens is 1. The van der Waals surface area contributed by atoms with Gasteiger partial charge in [-0.25, -0.2) is 4.99 Å². The van der Waals surface area contributed by atoms with E-state index in [1.165, 1.54) is 0 Å². The molecule has 176 valence electrons. The highest BCUT2D eigenvalue weighted by Crippen LogP contribution is 2.32. The Balaban J connectivity index is 1.56. The van der Waals surface area contributed by atoms with Crippen molar-refractivity contribution in [3.8, 4) is 5.88 Å². The Morgan fingerprint density at radius 2 is 1.60 bits per heavy atom. The molecule has 1 aliphatic heterocycles. The van der Waals surface area contributed by atoms with E-state index in [9.17, 15) is 14.7 Å². The van der Waals surface area contributed by atoms with Gasteiger partial charge in [-0.2, -0.15) is 11.8 Å². The molecule has 35 heavy (non-hydrogen) atoms. The number of aromatic amines is 1. The van der Waals surface area contributed by atoms with Crippen molar-refractivity contribution >= 4 is 45.9 Å². The Morgan fingerprint density at radius 1 is 0.914 bits per heavy atom. The van der Waals surface area contributed by atoms with Crippen LogP contribution in [0.1, 0.15) is 31.8 Å². The van der Waals surface area contributed by atoms with E-state index in [1.807, 2.05) is 59.1 Å². The Kier molecular flexibility index (Phi) is 6.29. The van der Waals surface area contributed by atoms with E-state index in [1.54, 1.807) is 30.3 Å². The molecule has 8 heteroatoms. The first-order valence-electron chi connectivity index (χ1n) is 11.3. The van der Waals surface area contributed by atoms with Crippen molar-refractivity contribution in [1.82, 2.24) is 9.88 Å². The van der Waals surface area contributed by atoms with Crippen LogP contribution in [0.4, 0.5) is 5.69 Å². The number of hydrogen-bond donors (Lipinski definition) is 3. The minimum atomic E-state index is -0.544. The van der Waals surface area contributed by atoms with Gasteiger partial charge < -0.3 is 20.7 Å². The fraction of sp³-hybridized carbons (Fsp3) is 0.148. The zero-order valence-corrected chi connectivity index (χ0v) is 19.7. The largest absolute Gasteiger partial charge is 0.494 e. The Hall–Kier alpha value is -4.04. The van der Waals surface area contributed by atoms with Gasteiger partial charge in [0, 0.05) is 52.2 Å². The molecule has 0 bridgehead atoms. The molecule has 0 aliphatic carbocycles. The van der Waals surface area contributed by atoms with Crippen molar-refractivity contribution in [2.45, 2.75) is 0 Å². The molecule has 3 aromatic carbocycles. The molecule has 2 amide bonds. The van der Waals surface area contributed by atoms with Gasteiger partial charge in [0.2, 0.25) is 5.91 Å². The standard InChI is InChI=1S/C27H24N4O3S/c28-25(32)19-8-11-21-22(16-19)30-26(33)23(21)24(17-4-2-1-3-5-17)29-20-9-6-18(7-10-20)27(34)31-12-14-35-15-13-31/h1-11,16,30,33H,12-15H2,(H2,28,32). The number of nitrogens with two attached hydrogens (primary N) is 1. The molecule has 0 saturated carbocycles. The molecule has 4 aromatic rings. The van der Waals surface area contributed by atoms with Crippen LogP contribution in [0.25, 0.3) is 10.9 Å². The molecular formula is C27H24N4O3S. The lowest BCUT2D eigenvalue weighted by atomic mass is 10.00. The van der Waals surface area contributed by atoms with Crippen LogP contribution in [-0.2, 0) is 0 Å². The molecule has 1 aromatic heterocycles. The summed E-state index contributed by atoms with van der Waals surface area (Å²) < 4.78 is 0. The average Bonchev–Trinajstić information content (AvgIpc) is 3.23. The number of benzene rings is 3. The van der Waals surface area contributed by atoms with Crippen LogP contribution in [0.15, 0.2) is 77.8 Å². The van der Waals surface area contributed by atoms with Crippen molar-refractivity contribution in [1.29, 1.82) is 0 Å². The third-order valence-corrected chi connectivity index (χ3v) is 6.94. The monoisotopic (exact) mass is 484 g/mol. The molecule has 2 heterocycles. The average molecular weight is 485 g/mol. The van der Waals surface area contributed by atoms with Crippen molar-refractivity contribution in [3.63, 3.8) is 0 Å². The highest BCUT2D eigenvalue weighted by atomic mass is 32.2. The van der Waals surface area contributed by atoms with Crippen molar-refractivity contribution < 1.29 is 14.7 Å². The molecule has 1 fully saturated rings. The van der Waals surface area contributed by atoms with Gasteiger partial charge in [-0.3, -0.25) is 9.59 Å². The molecule has 5 rings (SSSR count). The predicted octanol–water partition coefficient (Wildman–Crippen LogP) is 4.33. The van der Waals surface area contributed by atoms with Gasteiger partial charge in [0.15, 0.2) is 5.88 Å². The summed E-state index contributed by atoms with van der Waals surface area (Å²) in [7, 11) is 0. The van der Waals surface area contributed by atoms with Gasteiger partial charge >= 0.3 is 0 Å². The molecule has 1 aliphatic rings. The maximum absolute atomic E-state index is 12.8. The van der Waals surface area contributed by atoms with Crippen molar-refractivity contribution in [3.05, 3.63) is 95.1 Å². The minimum Gasteiger partial charge on any atom is -0.494 e. The zero-order chi connectivity index (χ0) is 24.4. The fourth-order valence-electron chi connectivity index (χ4n) is 4.19. The summed E-state index contributed by atoms with van der Waals surface area (Å²) in [5.41, 5.74) is 9.52. The topological polar surface area (TPSA) is 112 Å². The Morgan fingerprint density at radius 3 is 2.29 bits per heavy atom. The van der Waals surface area contributed by atoms with E-state index in [0.29, 0.717) is 39.0 Å². The van der Waals surface area contributed by atoms with E-state index in [4.69, 9.17) is 10.7 Å². The number of H-pyrrole nitrogens is 1. The first kappa shape index (κ1) is 22.7. The van der Waals surface area contributed by atoms with Crippen LogP contribution in [0, 0.1) is 0 Å². The van der Waals surface area contributed by atoms with E-state index in [2.05, 4.69) is 4.98 Å². The van der Waals surface area contributed by atoms with Gasteiger partial charge in [0.05, 0.1) is 17.0 Å². The second-order valence-electron chi connectivity index (χ2n) is 8.25. The summed E-state index contributed by atoms with van der Waals surface area (Å²) in [5.74, 6) is 1.35. The summed E-state index contributed by atoms with van der Waals surface area (Å²) in [4.78, 5) is 34.1. The molecule has 0 unspecified atom stereocenters. The lowest BCUT2D eigenvalue weighted by Crippen LogP contribution is -2.37. The van der Waals surface area contributed by atoms with Crippen LogP contribution in [0.5, 0.6) is 5.88 Å². The second-order valence-corrected chi connectivity index (χ2v) is 9.48. The summed E-state index contributed by atoms with van der Waals surface area (Å²) in [5, 5.41) is 11.5. The number of aromatic hydroxyl groups is 1. The molecule has 0 spiro atoms. The predicted molar refractivity (Wildman–Crippen MR) is 140 cm³/mol. The summed E-state index contributed by atoms with van der Waals surface area (Å²) >= 11 is 1.86. The van der Waals surface area contributed by atoms with Gasteiger partial charge in [0.1, 0.15) is 0 Å². The van der Waals surface area contributed by atoms with E-state index >= 15 is 0 Å². The smallest absolute Gasteiger partial charge is 0.253 e. The Labute approximate surface area is 206 Å². The van der Waals surface area contributed by atoms with Gasteiger partial charge in [0.25, 0.3) is 5.91 Å². The Bertz CT molecular complexity index is 1420. The van der Waals surface area contributed by atoms with Crippen LogP contribution >= 0.6 is 11.8 Å². The first-order valence-corrected chi connectivity index (χ1v) is 12.4. The van der Waals surface area contributed by atoms with Crippen LogP contribution in [0.3, 0.4) is 0 Å². The van der Waals surface area contributed by atoms with Gasteiger partial charge in [-0.1, -0.05) is 36.4 Å². The normalized spacial score (nSPS) is 14.3. The number of fused-ring (bicyclic) bond motifs is 1. The highest BCUT2D eigenvalue weighted by molar-refractivity contribution is 7.99. The minimum absolute atomic E-state index is 0.0311. The van der Waals surface area contributed by atoms with Crippen molar-refractivity contribution in [2.75, 3.05) is 24.6 Å². The number of nitrogens with zero attached hydrogens (tertiary/aromatic N) is 2. The number of rotatable bonds is 5. The number of carbonyl (C=O) groups excluding carboxylic acids is 2. The van der Waals surface area contributed by atoms with Gasteiger partial charge in [-0.15, -0.1) is 0 Å². The number of hydrogen-bond acceptors (Lipinski definition) is 5. The third-order valence-electron chi connectivity index (χ3n) is 6.00. The van der Waals surface area contributed by atoms with Crippen LogP contribution in [-0.4, -0.2) is 57.1 Å². The quantitative estimate of drug-likeness (QED) is 0.366. The molecule has 7 nitrogen and oxygen atoms in total. The highest BCUT2D eigenvalue weighted by Gasteiger charge is 2.20. The number of nitrogens with one attached hydrogen (secondary N) is 1. The molecular weight excluding hydrogens is 460 g/mol. The first-order chi connectivity index (χ1) is 17.0. The number of thioether (sulfide) groups is 1. The summed E-state index contributed by atoms with van der Waals surface area (Å²) in [6, 6.07) is 21.8. The lowest BCUT2D eigenvalue weighted by molar-refractivity contribution is 0.0772. The number of aliphatic imine (C=N–C) groups is 1. The van der Waals surface area contributed by atoms with Crippen LogP contribution in [0.2, 0.25) is 0 Å².